The first-order chi connectivity index (χ1) is 7.59. The molecule has 0 aromatic heterocycles. The lowest BCUT2D eigenvalue weighted by atomic mass is 9.81. The van der Waals surface area contributed by atoms with Gasteiger partial charge in [0.1, 0.15) is 0 Å². The highest BCUT2D eigenvalue weighted by atomic mass is 16.2. The zero-order valence-electron chi connectivity index (χ0n) is 11.0. The molecule has 0 aromatic carbocycles. The van der Waals surface area contributed by atoms with E-state index in [0.717, 1.165) is 24.4 Å². The third kappa shape index (κ3) is 2.58. The predicted molar refractivity (Wildman–Crippen MR) is 64.1 cm³/mol. The smallest absolute Gasteiger partial charge is 0.340 e. The average Bonchev–Trinajstić information content (AvgIpc) is 2.13. The van der Waals surface area contributed by atoms with Gasteiger partial charge in [0.25, 0.3) is 0 Å². The van der Waals surface area contributed by atoms with Crippen LogP contribution in [0.4, 0.5) is 0 Å². The minimum absolute atomic E-state index is 0.276. The summed E-state index contributed by atoms with van der Waals surface area (Å²) in [5.41, 5.74) is 4.43. The predicted octanol–water partition coefficient (Wildman–Crippen LogP) is 0.132. The Morgan fingerprint density at radius 3 is 1.88 bits per heavy atom. The highest BCUT2D eigenvalue weighted by Crippen LogP contribution is 2.38. The fraction of sp³-hybridized carbons (Fsp3) is 0.818. The Hall–Kier alpha value is -1.14. The molecule has 1 heterocycles. The van der Waals surface area contributed by atoms with Crippen molar-refractivity contribution >= 4 is 11.8 Å². The monoisotopic (exact) mass is 242 g/mol. The van der Waals surface area contributed by atoms with E-state index in [0.29, 0.717) is 0 Å². The van der Waals surface area contributed by atoms with Gasteiger partial charge in [0.2, 0.25) is 0 Å². The second kappa shape index (κ2) is 4.27. The lowest BCUT2D eigenvalue weighted by molar-refractivity contribution is -0.197. The van der Waals surface area contributed by atoms with Crippen LogP contribution in [0.15, 0.2) is 0 Å². The van der Waals surface area contributed by atoms with Crippen molar-refractivity contribution in [3.8, 4) is 0 Å². The van der Waals surface area contributed by atoms with E-state index in [4.69, 9.17) is 11.6 Å². The van der Waals surface area contributed by atoms with E-state index in [1.165, 1.54) is 0 Å². The summed E-state index contributed by atoms with van der Waals surface area (Å²) in [5, 5.41) is 2.64. The zero-order valence-corrected chi connectivity index (χ0v) is 11.0. The molecule has 2 amide bonds. The second-order valence-electron chi connectivity index (χ2n) is 5.80. The van der Waals surface area contributed by atoms with Crippen LogP contribution < -0.4 is 11.6 Å². The summed E-state index contributed by atoms with van der Waals surface area (Å²) in [6.45, 7) is 8.01. The molecule has 0 saturated carbocycles. The molecule has 17 heavy (non-hydrogen) atoms. The molecule has 6 nitrogen and oxygen atoms in total. The molecule has 0 aromatic rings. The Labute approximate surface area is 102 Å². The van der Waals surface area contributed by atoms with Crippen molar-refractivity contribution in [3.63, 3.8) is 0 Å². The van der Waals surface area contributed by atoms with Crippen LogP contribution in [0.25, 0.3) is 0 Å². The third-order valence-electron chi connectivity index (χ3n) is 3.36. The van der Waals surface area contributed by atoms with Gasteiger partial charge in [0, 0.05) is 11.1 Å². The molecule has 0 spiro atoms. The summed E-state index contributed by atoms with van der Waals surface area (Å²) in [6, 6.07) is 0. The van der Waals surface area contributed by atoms with Crippen LogP contribution in [0.1, 0.15) is 47.0 Å². The number of hydrazine groups is 2. The number of nitrogens with two attached hydrogens (primary N) is 2. The quantitative estimate of drug-likeness (QED) is 0.296. The Morgan fingerprint density at radius 1 is 1.12 bits per heavy atom. The minimum Gasteiger partial charge on any atom is -0.361 e. The minimum atomic E-state index is -1.04. The van der Waals surface area contributed by atoms with Crippen LogP contribution in [0.2, 0.25) is 0 Å². The van der Waals surface area contributed by atoms with Gasteiger partial charge >= 0.3 is 11.8 Å². The van der Waals surface area contributed by atoms with Crippen molar-refractivity contribution in [3.05, 3.63) is 0 Å². The maximum atomic E-state index is 11.6. The number of nitrogens with zero attached hydrogens (tertiary/aromatic N) is 2. The van der Waals surface area contributed by atoms with Crippen LogP contribution in [0, 0.1) is 0 Å². The molecule has 98 valence electrons. The van der Waals surface area contributed by atoms with E-state index in [9.17, 15) is 9.59 Å². The van der Waals surface area contributed by atoms with Gasteiger partial charge < -0.3 is 5.73 Å². The number of carbonyl (C=O) groups is 2. The summed E-state index contributed by atoms with van der Waals surface area (Å²) < 4.78 is 0. The number of piperidine rings is 1. The van der Waals surface area contributed by atoms with Crippen molar-refractivity contribution in [2.75, 3.05) is 0 Å². The largest absolute Gasteiger partial charge is 0.361 e. The molecular weight excluding hydrogens is 220 g/mol. The van der Waals surface area contributed by atoms with Crippen molar-refractivity contribution in [1.82, 2.24) is 10.1 Å². The van der Waals surface area contributed by atoms with Crippen LogP contribution in [-0.4, -0.2) is 33.0 Å². The first-order valence-corrected chi connectivity index (χ1v) is 5.78. The van der Waals surface area contributed by atoms with E-state index in [-0.39, 0.29) is 11.1 Å². The Balaban J connectivity index is 3.05. The Morgan fingerprint density at radius 2 is 1.53 bits per heavy atom. The molecule has 0 unspecified atom stereocenters. The molecule has 0 radical (unpaired) electrons. The lowest BCUT2D eigenvalue weighted by Gasteiger charge is -2.54. The van der Waals surface area contributed by atoms with Gasteiger partial charge in [-0.05, 0) is 47.0 Å². The van der Waals surface area contributed by atoms with Crippen molar-refractivity contribution in [2.24, 2.45) is 11.6 Å². The summed E-state index contributed by atoms with van der Waals surface area (Å²) in [7, 11) is 0. The third-order valence-corrected chi connectivity index (χ3v) is 3.36. The molecule has 1 fully saturated rings. The molecule has 1 rings (SSSR count). The standard InChI is InChI=1S/C11H22N4O2/c1-10(2)6-5-7-11(3,4)15(10)14(13)9(17)8(12)16/h5-7,13H2,1-4H3,(H2,12,16). The number of rotatable bonds is 1. The van der Waals surface area contributed by atoms with Gasteiger partial charge in [-0.2, -0.15) is 10.1 Å². The summed E-state index contributed by atoms with van der Waals surface area (Å²) in [5.74, 6) is 3.83. The first-order valence-electron chi connectivity index (χ1n) is 5.78. The Bertz CT molecular complexity index is 322. The molecule has 4 N–H and O–H groups in total. The molecule has 1 aliphatic rings. The van der Waals surface area contributed by atoms with Crippen molar-refractivity contribution in [1.29, 1.82) is 0 Å². The maximum absolute atomic E-state index is 11.6. The topological polar surface area (TPSA) is 92.7 Å². The van der Waals surface area contributed by atoms with Gasteiger partial charge in [-0.15, -0.1) is 0 Å². The number of amides is 2. The number of primary amides is 1. The fourth-order valence-corrected chi connectivity index (χ4v) is 2.77. The van der Waals surface area contributed by atoms with Crippen LogP contribution in [0.5, 0.6) is 0 Å². The summed E-state index contributed by atoms with van der Waals surface area (Å²) in [6.07, 6.45) is 2.89. The normalized spacial score (nSPS) is 23.1. The first kappa shape index (κ1) is 13.9. The molecule has 1 saturated heterocycles. The van der Waals surface area contributed by atoms with Gasteiger partial charge in [-0.1, -0.05) is 0 Å². The lowest BCUT2D eigenvalue weighted by Crippen LogP contribution is -2.70. The number of hydrogen-bond donors (Lipinski definition) is 2. The van der Waals surface area contributed by atoms with E-state index < -0.39 is 11.8 Å². The molecule has 0 bridgehead atoms. The van der Waals surface area contributed by atoms with Gasteiger partial charge in [-0.3, -0.25) is 9.59 Å². The van der Waals surface area contributed by atoms with Crippen molar-refractivity contribution in [2.45, 2.75) is 58.0 Å². The molecular formula is C11H22N4O2. The van der Waals surface area contributed by atoms with Crippen LogP contribution >= 0.6 is 0 Å². The second-order valence-corrected chi connectivity index (χ2v) is 5.80. The molecule has 6 heteroatoms. The SMILES string of the molecule is CC1(C)CCCC(C)(C)N1N(N)C(=O)C(N)=O. The number of hydrogen-bond acceptors (Lipinski definition) is 4. The van der Waals surface area contributed by atoms with Gasteiger partial charge in [0.15, 0.2) is 0 Å². The molecule has 1 aliphatic heterocycles. The fourth-order valence-electron chi connectivity index (χ4n) is 2.77. The van der Waals surface area contributed by atoms with E-state index in [1.54, 1.807) is 5.01 Å². The summed E-state index contributed by atoms with van der Waals surface area (Å²) >= 11 is 0. The van der Waals surface area contributed by atoms with Crippen LogP contribution in [0.3, 0.4) is 0 Å². The van der Waals surface area contributed by atoms with Crippen LogP contribution in [-0.2, 0) is 9.59 Å². The molecule has 0 aliphatic carbocycles. The van der Waals surface area contributed by atoms with Gasteiger partial charge in [-0.25, -0.2) is 5.84 Å². The zero-order chi connectivity index (χ0) is 13.4. The van der Waals surface area contributed by atoms with E-state index in [1.807, 2.05) is 27.7 Å². The van der Waals surface area contributed by atoms with E-state index >= 15 is 0 Å². The summed E-state index contributed by atoms with van der Waals surface area (Å²) in [4.78, 5) is 22.5. The van der Waals surface area contributed by atoms with Gasteiger partial charge in [0.05, 0.1) is 0 Å². The highest BCUT2D eigenvalue weighted by molar-refractivity contribution is 6.34. The number of carbonyl (C=O) groups excluding carboxylic acids is 2. The molecule has 0 atom stereocenters. The average molecular weight is 242 g/mol. The van der Waals surface area contributed by atoms with Crippen molar-refractivity contribution < 1.29 is 9.59 Å². The Kier molecular flexibility index (Phi) is 3.50. The highest BCUT2D eigenvalue weighted by Gasteiger charge is 2.46. The van der Waals surface area contributed by atoms with E-state index in [2.05, 4.69) is 0 Å². The maximum Gasteiger partial charge on any atom is 0.340 e.